The first kappa shape index (κ1) is 14.8. The fourth-order valence-electron chi connectivity index (χ4n) is 1.20. The van der Waals surface area contributed by atoms with Gasteiger partial charge in [-0.05, 0) is 18.2 Å². The minimum absolute atomic E-state index is 0.0388. The molecule has 0 bridgehead atoms. The van der Waals surface area contributed by atoms with Crippen molar-refractivity contribution in [1.29, 1.82) is 0 Å². The first-order chi connectivity index (χ1) is 8.32. The van der Waals surface area contributed by atoms with Gasteiger partial charge in [0.15, 0.2) is 0 Å². The predicted octanol–water partition coefficient (Wildman–Crippen LogP) is 0.571. The molecule has 0 radical (unpaired) electrons. The lowest BCUT2D eigenvalue weighted by Gasteiger charge is -2.05. The van der Waals surface area contributed by atoms with Gasteiger partial charge in [-0.15, -0.1) is 11.8 Å². The van der Waals surface area contributed by atoms with E-state index in [1.54, 1.807) is 6.07 Å². The number of benzene rings is 1. The Kier molecular flexibility index (Phi) is 5.00. The van der Waals surface area contributed by atoms with Crippen molar-refractivity contribution in [2.45, 2.75) is 16.2 Å². The van der Waals surface area contributed by atoms with E-state index in [1.807, 2.05) is 0 Å². The van der Waals surface area contributed by atoms with Crippen LogP contribution in [0.5, 0.6) is 0 Å². The van der Waals surface area contributed by atoms with E-state index in [4.69, 9.17) is 10.9 Å². The molecule has 0 fully saturated rings. The standard InChI is InChI=1S/C10H14N2O4S2/c1-16-10(13)2-3-17-8-4-7(11)5-9(6-8)18(12,14)15/h4-6H,2-3,11H2,1H3,(H2,12,14,15). The number of esters is 1. The molecule has 6 nitrogen and oxygen atoms in total. The summed E-state index contributed by atoms with van der Waals surface area (Å²) in [7, 11) is -2.47. The zero-order chi connectivity index (χ0) is 13.8. The Morgan fingerprint density at radius 2 is 2.06 bits per heavy atom. The van der Waals surface area contributed by atoms with Gasteiger partial charge in [-0.25, -0.2) is 13.6 Å². The van der Waals surface area contributed by atoms with E-state index in [0.29, 0.717) is 16.3 Å². The van der Waals surface area contributed by atoms with Crippen LogP contribution < -0.4 is 10.9 Å². The van der Waals surface area contributed by atoms with Gasteiger partial charge in [0, 0.05) is 16.3 Å². The summed E-state index contributed by atoms with van der Waals surface area (Å²) >= 11 is 1.31. The van der Waals surface area contributed by atoms with E-state index in [2.05, 4.69) is 4.74 Å². The van der Waals surface area contributed by atoms with Gasteiger partial charge in [-0.3, -0.25) is 4.79 Å². The summed E-state index contributed by atoms with van der Waals surface area (Å²) in [5.41, 5.74) is 5.90. The molecule has 0 aliphatic carbocycles. The molecule has 0 saturated carbocycles. The first-order valence-electron chi connectivity index (χ1n) is 4.96. The summed E-state index contributed by atoms with van der Waals surface area (Å²) in [6, 6.07) is 4.34. The Labute approximate surface area is 110 Å². The van der Waals surface area contributed by atoms with Crippen LogP contribution in [0.4, 0.5) is 5.69 Å². The highest BCUT2D eigenvalue weighted by Crippen LogP contribution is 2.25. The van der Waals surface area contributed by atoms with Crippen molar-refractivity contribution >= 4 is 33.4 Å². The van der Waals surface area contributed by atoms with E-state index < -0.39 is 10.0 Å². The Hall–Kier alpha value is -1.25. The minimum atomic E-state index is -3.78. The molecule has 1 aromatic rings. The number of carbonyl (C=O) groups is 1. The molecule has 0 amide bonds. The molecule has 0 heterocycles. The molecule has 4 N–H and O–H groups in total. The highest BCUT2D eigenvalue weighted by molar-refractivity contribution is 7.99. The number of hydrogen-bond acceptors (Lipinski definition) is 6. The van der Waals surface area contributed by atoms with Crippen LogP contribution in [0.25, 0.3) is 0 Å². The number of anilines is 1. The highest BCUT2D eigenvalue weighted by Gasteiger charge is 2.10. The van der Waals surface area contributed by atoms with Crippen molar-refractivity contribution in [1.82, 2.24) is 0 Å². The van der Waals surface area contributed by atoms with Crippen LogP contribution in [0.3, 0.4) is 0 Å². The summed E-state index contributed by atoms with van der Waals surface area (Å²) < 4.78 is 26.9. The predicted molar refractivity (Wildman–Crippen MR) is 69.6 cm³/mol. The van der Waals surface area contributed by atoms with Crippen LogP contribution in [-0.4, -0.2) is 27.2 Å². The molecule has 0 aliphatic rings. The van der Waals surface area contributed by atoms with Crippen molar-refractivity contribution in [2.75, 3.05) is 18.6 Å². The Morgan fingerprint density at radius 3 is 2.61 bits per heavy atom. The van der Waals surface area contributed by atoms with Crippen LogP contribution >= 0.6 is 11.8 Å². The molecule has 8 heteroatoms. The van der Waals surface area contributed by atoms with Crippen molar-refractivity contribution in [3.63, 3.8) is 0 Å². The van der Waals surface area contributed by atoms with Crippen LogP contribution in [0, 0.1) is 0 Å². The summed E-state index contributed by atoms with van der Waals surface area (Å²) in [6.45, 7) is 0. The van der Waals surface area contributed by atoms with Crippen LogP contribution in [0.2, 0.25) is 0 Å². The maximum absolute atomic E-state index is 11.2. The summed E-state index contributed by atoms with van der Waals surface area (Å²) in [5.74, 6) is 0.151. The number of ether oxygens (including phenoxy) is 1. The smallest absolute Gasteiger partial charge is 0.306 e. The number of carbonyl (C=O) groups excluding carboxylic acids is 1. The maximum Gasteiger partial charge on any atom is 0.306 e. The number of sulfonamides is 1. The second-order valence-electron chi connectivity index (χ2n) is 3.46. The summed E-state index contributed by atoms with van der Waals surface area (Å²) in [4.78, 5) is 11.5. The quantitative estimate of drug-likeness (QED) is 0.466. The lowest BCUT2D eigenvalue weighted by atomic mass is 10.3. The average Bonchev–Trinajstić information content (AvgIpc) is 2.27. The summed E-state index contributed by atoms with van der Waals surface area (Å²) in [6.07, 6.45) is 0.237. The zero-order valence-corrected chi connectivity index (χ0v) is 11.4. The first-order valence-corrected chi connectivity index (χ1v) is 7.49. The largest absolute Gasteiger partial charge is 0.469 e. The van der Waals surface area contributed by atoms with Crippen LogP contribution in [0.15, 0.2) is 28.0 Å². The Bertz CT molecular complexity index is 543. The Morgan fingerprint density at radius 1 is 1.39 bits per heavy atom. The van der Waals surface area contributed by atoms with E-state index in [1.165, 1.54) is 31.0 Å². The van der Waals surface area contributed by atoms with Gasteiger partial charge in [0.05, 0.1) is 18.4 Å². The van der Waals surface area contributed by atoms with Crippen molar-refractivity contribution in [3.05, 3.63) is 18.2 Å². The van der Waals surface area contributed by atoms with Crippen molar-refractivity contribution < 1.29 is 17.9 Å². The minimum Gasteiger partial charge on any atom is -0.469 e. The molecule has 0 saturated heterocycles. The molecule has 18 heavy (non-hydrogen) atoms. The molecule has 0 aromatic heterocycles. The van der Waals surface area contributed by atoms with Crippen molar-refractivity contribution in [2.24, 2.45) is 5.14 Å². The SMILES string of the molecule is COC(=O)CCSc1cc(N)cc(S(N)(=O)=O)c1. The van der Waals surface area contributed by atoms with Gasteiger partial charge in [0.1, 0.15) is 0 Å². The van der Waals surface area contributed by atoms with Gasteiger partial charge in [0.25, 0.3) is 0 Å². The number of primary sulfonamides is 1. The number of nitrogens with two attached hydrogens (primary N) is 2. The lowest BCUT2D eigenvalue weighted by Crippen LogP contribution is -2.12. The van der Waals surface area contributed by atoms with E-state index in [0.717, 1.165) is 0 Å². The third kappa shape index (κ3) is 4.55. The number of methoxy groups -OCH3 is 1. The van der Waals surface area contributed by atoms with Crippen LogP contribution in [-0.2, 0) is 19.6 Å². The molecule has 0 spiro atoms. The number of nitrogen functional groups attached to an aromatic ring is 1. The monoisotopic (exact) mass is 290 g/mol. The van der Waals surface area contributed by atoms with Gasteiger partial charge in [0.2, 0.25) is 10.0 Å². The van der Waals surface area contributed by atoms with Gasteiger partial charge < -0.3 is 10.5 Å². The molecular formula is C10H14N2O4S2. The van der Waals surface area contributed by atoms with Gasteiger partial charge >= 0.3 is 5.97 Å². The molecule has 0 atom stereocenters. The highest BCUT2D eigenvalue weighted by atomic mass is 32.2. The zero-order valence-electron chi connectivity index (χ0n) is 9.75. The molecule has 1 rings (SSSR count). The molecule has 1 aromatic carbocycles. The normalized spacial score (nSPS) is 11.2. The van der Waals surface area contributed by atoms with E-state index in [-0.39, 0.29) is 17.3 Å². The fraction of sp³-hybridized carbons (Fsp3) is 0.300. The lowest BCUT2D eigenvalue weighted by molar-refractivity contribution is -0.140. The summed E-state index contributed by atoms with van der Waals surface area (Å²) in [5, 5.41) is 5.03. The maximum atomic E-state index is 11.2. The fourth-order valence-corrected chi connectivity index (χ4v) is 2.80. The van der Waals surface area contributed by atoms with Gasteiger partial charge in [-0.1, -0.05) is 0 Å². The van der Waals surface area contributed by atoms with E-state index in [9.17, 15) is 13.2 Å². The van der Waals surface area contributed by atoms with Crippen LogP contribution in [0.1, 0.15) is 6.42 Å². The van der Waals surface area contributed by atoms with E-state index >= 15 is 0 Å². The Balaban J connectivity index is 2.78. The number of rotatable bonds is 5. The topological polar surface area (TPSA) is 112 Å². The molecule has 0 aliphatic heterocycles. The second-order valence-corrected chi connectivity index (χ2v) is 6.19. The van der Waals surface area contributed by atoms with Gasteiger partial charge in [-0.2, -0.15) is 0 Å². The number of hydrogen-bond donors (Lipinski definition) is 2. The number of thioether (sulfide) groups is 1. The third-order valence-electron chi connectivity index (χ3n) is 2.03. The molecular weight excluding hydrogens is 276 g/mol. The second kappa shape index (κ2) is 6.07. The molecule has 0 unspecified atom stereocenters. The average molecular weight is 290 g/mol. The van der Waals surface area contributed by atoms with Crippen molar-refractivity contribution in [3.8, 4) is 0 Å². The third-order valence-corrected chi connectivity index (χ3v) is 3.90. The molecule has 100 valence electrons.